The van der Waals surface area contributed by atoms with Crippen molar-refractivity contribution in [2.24, 2.45) is 5.73 Å². The third-order valence-electron chi connectivity index (χ3n) is 4.29. The number of hydrogen-bond acceptors (Lipinski definition) is 5. The number of phenols is 1. The molecule has 0 aromatic heterocycles. The van der Waals surface area contributed by atoms with Crippen LogP contribution < -0.4 is 5.73 Å². The highest BCUT2D eigenvalue weighted by molar-refractivity contribution is 7.99. The Morgan fingerprint density at radius 3 is 2.67 bits per heavy atom. The third kappa shape index (κ3) is 7.46. The normalized spacial score (nSPS) is 13.4. The lowest BCUT2D eigenvalue weighted by Crippen LogP contribution is -2.44. The van der Waals surface area contributed by atoms with Gasteiger partial charge in [0.05, 0.1) is 13.2 Å². The molecule has 0 spiro atoms. The zero-order chi connectivity index (χ0) is 22.4. The first-order chi connectivity index (χ1) is 14.0. The molecule has 10 heteroatoms. The smallest absolute Gasteiger partial charge is 0.469 e. The molecule has 2 rings (SSSR count). The van der Waals surface area contributed by atoms with E-state index in [1.165, 1.54) is 17.8 Å². The van der Waals surface area contributed by atoms with Crippen LogP contribution in [0.5, 0.6) is 5.75 Å². The summed E-state index contributed by atoms with van der Waals surface area (Å²) in [5.41, 5.74) is 6.50. The fraction of sp³-hybridized carbons (Fsp3) is 0.250. The van der Waals surface area contributed by atoms with E-state index < -0.39 is 13.4 Å². The van der Waals surface area contributed by atoms with Crippen molar-refractivity contribution in [3.63, 3.8) is 0 Å². The first kappa shape index (κ1) is 24.4. The number of halogens is 1. The van der Waals surface area contributed by atoms with E-state index in [-0.39, 0.29) is 12.4 Å². The lowest BCUT2D eigenvalue weighted by Gasteiger charge is -2.28. The minimum absolute atomic E-state index is 0.0787. The van der Waals surface area contributed by atoms with Gasteiger partial charge in [0.25, 0.3) is 0 Å². The van der Waals surface area contributed by atoms with Crippen LogP contribution in [0.3, 0.4) is 0 Å². The predicted molar refractivity (Wildman–Crippen MR) is 118 cm³/mol. The first-order valence-corrected chi connectivity index (χ1v) is 11.5. The predicted octanol–water partition coefficient (Wildman–Crippen LogP) is 5.06. The Bertz CT molecular complexity index is 1010. The molecule has 0 heterocycles. The fourth-order valence-electron chi connectivity index (χ4n) is 2.69. The monoisotopic (exact) mass is 468 g/mol. The summed E-state index contributed by atoms with van der Waals surface area (Å²) in [6, 6.07) is 10.1. The van der Waals surface area contributed by atoms with Gasteiger partial charge in [-0.15, -0.1) is 6.58 Å². The molecule has 30 heavy (non-hydrogen) atoms. The Morgan fingerprint density at radius 2 is 2.07 bits per heavy atom. The van der Waals surface area contributed by atoms with Crippen LogP contribution in [-0.2, 0) is 15.5 Å². The summed E-state index contributed by atoms with van der Waals surface area (Å²) < 4.78 is 15.6. The van der Waals surface area contributed by atoms with Gasteiger partial charge in [0.1, 0.15) is 5.75 Å². The van der Waals surface area contributed by atoms with Crippen molar-refractivity contribution in [2.45, 2.75) is 34.6 Å². The van der Waals surface area contributed by atoms with E-state index in [1.54, 1.807) is 24.3 Å². The molecule has 0 saturated heterocycles. The standard InChI is InChI=1S/C20H22ClN2O5PS/c1-3-9-20(22,13-28-29(25,26)27)10-8-14-4-6-16(12-17(14)21)30-19-11-15(23-2)5-7-18(19)24/h3-7,11-12,24H,1,8-10,13,22H2,(H2,25,26,27)/t20-/m0/s1. The molecule has 2 aromatic carbocycles. The van der Waals surface area contributed by atoms with Gasteiger partial charge in [0.15, 0.2) is 5.69 Å². The molecule has 0 aliphatic heterocycles. The number of phenolic OH excluding ortho intramolecular Hbond substituents is 1. The van der Waals surface area contributed by atoms with E-state index in [9.17, 15) is 9.67 Å². The summed E-state index contributed by atoms with van der Waals surface area (Å²) in [7, 11) is -4.62. The molecule has 0 amide bonds. The Hall–Kier alpha value is -1.82. The summed E-state index contributed by atoms with van der Waals surface area (Å²) in [6.45, 7) is 10.4. The van der Waals surface area contributed by atoms with Crippen LogP contribution in [-0.4, -0.2) is 27.0 Å². The second-order valence-corrected chi connectivity index (χ2v) is 9.50. The van der Waals surface area contributed by atoms with Crippen molar-refractivity contribution in [3.8, 4) is 5.75 Å². The number of hydrogen-bond donors (Lipinski definition) is 4. The van der Waals surface area contributed by atoms with Crippen LogP contribution in [0.1, 0.15) is 18.4 Å². The zero-order valence-electron chi connectivity index (χ0n) is 16.0. The summed E-state index contributed by atoms with van der Waals surface area (Å²) in [4.78, 5) is 22.6. The van der Waals surface area contributed by atoms with Crippen LogP contribution in [0, 0.1) is 6.57 Å². The Labute approximate surface area is 184 Å². The lowest BCUT2D eigenvalue weighted by molar-refractivity contribution is 0.148. The molecule has 0 aliphatic carbocycles. The second kappa shape index (κ2) is 10.5. The van der Waals surface area contributed by atoms with E-state index in [1.807, 2.05) is 12.1 Å². The van der Waals surface area contributed by atoms with Gasteiger partial charge >= 0.3 is 7.82 Å². The fourth-order valence-corrected chi connectivity index (χ4v) is 4.38. The molecule has 5 N–H and O–H groups in total. The topological polar surface area (TPSA) is 117 Å². The molecular formula is C20H22ClN2O5PS. The number of aryl methyl sites for hydroxylation is 1. The molecule has 7 nitrogen and oxygen atoms in total. The van der Waals surface area contributed by atoms with Gasteiger partial charge in [-0.05, 0) is 49.1 Å². The maximum atomic E-state index is 11.0. The van der Waals surface area contributed by atoms with Crippen LogP contribution >= 0.6 is 31.2 Å². The number of nitrogens with two attached hydrogens (primary N) is 1. The highest BCUT2D eigenvalue weighted by Gasteiger charge is 2.28. The van der Waals surface area contributed by atoms with Crippen molar-refractivity contribution in [3.05, 3.63) is 71.1 Å². The lowest BCUT2D eigenvalue weighted by atomic mass is 9.90. The van der Waals surface area contributed by atoms with Gasteiger partial charge in [-0.2, -0.15) is 0 Å². The summed E-state index contributed by atoms with van der Waals surface area (Å²) in [5, 5.41) is 10.5. The molecule has 0 fully saturated rings. The van der Waals surface area contributed by atoms with Crippen LogP contribution in [0.25, 0.3) is 4.85 Å². The molecule has 0 unspecified atom stereocenters. The third-order valence-corrected chi connectivity index (χ3v) is 6.14. The Balaban J connectivity index is 2.10. The van der Waals surface area contributed by atoms with Crippen molar-refractivity contribution >= 4 is 36.9 Å². The van der Waals surface area contributed by atoms with E-state index >= 15 is 0 Å². The van der Waals surface area contributed by atoms with Crippen molar-refractivity contribution in [1.29, 1.82) is 0 Å². The van der Waals surface area contributed by atoms with E-state index in [2.05, 4.69) is 15.9 Å². The van der Waals surface area contributed by atoms with Crippen molar-refractivity contribution in [2.75, 3.05) is 6.61 Å². The molecule has 0 saturated carbocycles. The number of phosphoric ester groups is 1. The van der Waals surface area contributed by atoms with Gasteiger partial charge in [-0.25, -0.2) is 9.41 Å². The number of phosphoric acid groups is 1. The highest BCUT2D eigenvalue weighted by atomic mass is 35.5. The number of aromatic hydroxyl groups is 1. The molecule has 0 aliphatic rings. The second-order valence-electron chi connectivity index (χ2n) is 6.74. The minimum Gasteiger partial charge on any atom is -0.507 e. The molecular weight excluding hydrogens is 447 g/mol. The molecule has 1 atom stereocenters. The van der Waals surface area contributed by atoms with Gasteiger partial charge in [-0.3, -0.25) is 4.52 Å². The molecule has 0 radical (unpaired) electrons. The maximum Gasteiger partial charge on any atom is 0.469 e. The number of rotatable bonds is 10. The average Bonchev–Trinajstić information content (AvgIpc) is 2.67. The van der Waals surface area contributed by atoms with Gasteiger partial charge in [0, 0.05) is 20.4 Å². The number of nitrogens with zero attached hydrogens (tertiary/aromatic N) is 1. The van der Waals surface area contributed by atoms with E-state index in [0.29, 0.717) is 34.9 Å². The molecule has 2 aromatic rings. The minimum atomic E-state index is -4.62. The summed E-state index contributed by atoms with van der Waals surface area (Å²) in [6.07, 6.45) is 2.74. The van der Waals surface area contributed by atoms with Gasteiger partial charge in [-0.1, -0.05) is 41.6 Å². The quantitative estimate of drug-likeness (QED) is 0.218. The van der Waals surface area contributed by atoms with E-state index in [0.717, 1.165) is 10.5 Å². The van der Waals surface area contributed by atoms with Gasteiger partial charge in [0.2, 0.25) is 0 Å². The largest absolute Gasteiger partial charge is 0.507 e. The Morgan fingerprint density at radius 1 is 1.33 bits per heavy atom. The summed E-state index contributed by atoms with van der Waals surface area (Å²) >= 11 is 7.70. The van der Waals surface area contributed by atoms with Crippen LogP contribution in [0.15, 0.2) is 58.8 Å². The zero-order valence-corrected chi connectivity index (χ0v) is 18.5. The van der Waals surface area contributed by atoms with Gasteiger partial charge < -0.3 is 20.6 Å². The Kier molecular flexibility index (Phi) is 8.53. The maximum absolute atomic E-state index is 11.0. The van der Waals surface area contributed by atoms with Crippen LogP contribution in [0.4, 0.5) is 5.69 Å². The molecule has 0 bridgehead atoms. The van der Waals surface area contributed by atoms with E-state index in [4.69, 9.17) is 33.7 Å². The number of benzene rings is 2. The molecule has 160 valence electrons. The van der Waals surface area contributed by atoms with Crippen LogP contribution in [0.2, 0.25) is 5.02 Å². The van der Waals surface area contributed by atoms with Crippen molar-refractivity contribution < 1.29 is 24.0 Å². The average molecular weight is 469 g/mol. The summed E-state index contributed by atoms with van der Waals surface area (Å²) in [5.74, 6) is 0.0787. The SMILES string of the molecule is [C-]#[N+]c1ccc(O)c(Sc2ccc(CC[C@@](N)(CC=C)COP(=O)(O)O)c(Cl)c2)c1. The first-order valence-electron chi connectivity index (χ1n) is 8.82. The highest BCUT2D eigenvalue weighted by Crippen LogP contribution is 2.39. The van der Waals surface area contributed by atoms with Crippen molar-refractivity contribution in [1.82, 2.24) is 0 Å².